The zero-order valence-corrected chi connectivity index (χ0v) is 9.68. The predicted octanol–water partition coefficient (Wildman–Crippen LogP) is 0.965. The van der Waals surface area contributed by atoms with Crippen LogP contribution in [0.3, 0.4) is 0 Å². The Morgan fingerprint density at radius 1 is 1.40 bits per heavy atom. The van der Waals surface area contributed by atoms with Crippen LogP contribution in [-0.2, 0) is 15.3 Å². The highest BCUT2D eigenvalue weighted by molar-refractivity contribution is 7.93. The maximum Gasteiger partial charge on any atom is 0.152 e. The largest absolute Gasteiger partial charge is 0.330 e. The van der Waals surface area contributed by atoms with E-state index in [2.05, 4.69) is 0 Å². The first-order chi connectivity index (χ1) is 6.97. The highest BCUT2D eigenvalue weighted by atomic mass is 35.5. The molecule has 0 amide bonds. The van der Waals surface area contributed by atoms with Gasteiger partial charge in [0, 0.05) is 17.0 Å². The molecule has 1 fully saturated rings. The van der Waals surface area contributed by atoms with Gasteiger partial charge < -0.3 is 5.73 Å². The van der Waals surface area contributed by atoms with Gasteiger partial charge in [0.2, 0.25) is 0 Å². The molecule has 1 heterocycles. The van der Waals surface area contributed by atoms with E-state index in [1.807, 2.05) is 12.1 Å². The molecule has 0 bridgehead atoms. The van der Waals surface area contributed by atoms with Gasteiger partial charge in [0.1, 0.15) is 0 Å². The Morgan fingerprint density at radius 2 is 2.07 bits per heavy atom. The van der Waals surface area contributed by atoms with Gasteiger partial charge in [0.25, 0.3) is 0 Å². The molecule has 0 spiro atoms. The fourth-order valence-electron chi connectivity index (χ4n) is 2.02. The molecule has 1 aromatic carbocycles. The molecule has 1 aliphatic rings. The molecule has 3 nitrogen and oxygen atoms in total. The Hall–Kier alpha value is -0.580. The molecule has 2 N–H and O–H groups in total. The first-order valence-electron chi connectivity index (χ1n) is 4.64. The fourth-order valence-corrected chi connectivity index (χ4v) is 4.38. The Morgan fingerprint density at radius 3 is 2.53 bits per heavy atom. The Kier molecular flexibility index (Phi) is 2.53. The SMILES string of the molecule is NCC1(c2cccc(Cl)c2)CS(=O)(=O)C1. The quantitative estimate of drug-likeness (QED) is 0.845. The van der Waals surface area contributed by atoms with Gasteiger partial charge in [0.15, 0.2) is 9.84 Å². The van der Waals surface area contributed by atoms with Gasteiger partial charge >= 0.3 is 0 Å². The molecular weight excluding hydrogens is 234 g/mol. The lowest BCUT2D eigenvalue weighted by molar-refractivity contribution is 0.465. The standard InChI is InChI=1S/C10H12ClNO2S/c11-9-3-1-2-8(4-9)10(5-12)6-15(13,14)7-10/h1-4H,5-7,12H2. The summed E-state index contributed by atoms with van der Waals surface area (Å²) in [4.78, 5) is 0. The van der Waals surface area contributed by atoms with E-state index in [0.717, 1.165) is 5.56 Å². The summed E-state index contributed by atoms with van der Waals surface area (Å²) >= 11 is 5.87. The van der Waals surface area contributed by atoms with Gasteiger partial charge in [-0.15, -0.1) is 0 Å². The van der Waals surface area contributed by atoms with Crippen molar-refractivity contribution in [2.75, 3.05) is 18.1 Å². The van der Waals surface area contributed by atoms with Gasteiger partial charge in [0.05, 0.1) is 11.5 Å². The summed E-state index contributed by atoms with van der Waals surface area (Å²) in [6.45, 7) is 0.340. The zero-order valence-electron chi connectivity index (χ0n) is 8.11. The normalized spacial score (nSPS) is 22.0. The minimum Gasteiger partial charge on any atom is -0.330 e. The molecule has 1 aliphatic heterocycles. The summed E-state index contributed by atoms with van der Waals surface area (Å²) in [5.74, 6) is 0.272. The summed E-state index contributed by atoms with van der Waals surface area (Å²) in [5, 5.41) is 0.615. The predicted molar refractivity (Wildman–Crippen MR) is 60.8 cm³/mol. The maximum absolute atomic E-state index is 11.2. The lowest BCUT2D eigenvalue weighted by atomic mass is 9.83. The van der Waals surface area contributed by atoms with Crippen molar-refractivity contribution in [1.29, 1.82) is 0 Å². The molecule has 0 saturated carbocycles. The van der Waals surface area contributed by atoms with Crippen molar-refractivity contribution in [3.05, 3.63) is 34.9 Å². The van der Waals surface area contributed by atoms with E-state index in [9.17, 15) is 8.42 Å². The lowest BCUT2D eigenvalue weighted by Gasteiger charge is -2.40. The lowest BCUT2D eigenvalue weighted by Crippen LogP contribution is -2.56. The van der Waals surface area contributed by atoms with Crippen LogP contribution in [0, 0.1) is 0 Å². The van der Waals surface area contributed by atoms with E-state index in [1.54, 1.807) is 12.1 Å². The summed E-state index contributed by atoms with van der Waals surface area (Å²) in [5.41, 5.74) is 6.17. The topological polar surface area (TPSA) is 60.2 Å². The van der Waals surface area contributed by atoms with Crippen molar-refractivity contribution in [2.24, 2.45) is 5.73 Å². The minimum absolute atomic E-state index is 0.136. The van der Waals surface area contributed by atoms with Gasteiger partial charge in [-0.3, -0.25) is 0 Å². The maximum atomic E-state index is 11.2. The third-order valence-electron chi connectivity index (χ3n) is 2.82. The highest BCUT2D eigenvalue weighted by Gasteiger charge is 2.48. The molecule has 82 valence electrons. The number of sulfone groups is 1. The van der Waals surface area contributed by atoms with Crippen LogP contribution < -0.4 is 5.73 Å². The molecule has 0 aliphatic carbocycles. The van der Waals surface area contributed by atoms with E-state index in [0.29, 0.717) is 11.6 Å². The van der Waals surface area contributed by atoms with Crippen LogP contribution in [0.2, 0.25) is 5.02 Å². The second-order valence-electron chi connectivity index (χ2n) is 4.03. The monoisotopic (exact) mass is 245 g/mol. The van der Waals surface area contributed by atoms with Crippen LogP contribution in [0.1, 0.15) is 5.56 Å². The summed E-state index contributed by atoms with van der Waals surface area (Å²) in [7, 11) is -2.89. The average molecular weight is 246 g/mol. The van der Waals surface area contributed by atoms with Crippen molar-refractivity contribution in [2.45, 2.75) is 5.41 Å². The van der Waals surface area contributed by atoms with Crippen molar-refractivity contribution in [1.82, 2.24) is 0 Å². The first-order valence-corrected chi connectivity index (χ1v) is 6.84. The number of benzene rings is 1. The van der Waals surface area contributed by atoms with Crippen LogP contribution in [-0.4, -0.2) is 26.5 Å². The third-order valence-corrected chi connectivity index (χ3v) is 5.04. The van der Waals surface area contributed by atoms with Crippen LogP contribution in [0.25, 0.3) is 0 Å². The van der Waals surface area contributed by atoms with Crippen LogP contribution in [0.4, 0.5) is 0 Å². The highest BCUT2D eigenvalue weighted by Crippen LogP contribution is 2.36. The van der Waals surface area contributed by atoms with E-state index >= 15 is 0 Å². The van der Waals surface area contributed by atoms with Crippen molar-refractivity contribution in [3.63, 3.8) is 0 Å². The molecule has 5 heteroatoms. The smallest absolute Gasteiger partial charge is 0.152 e. The molecule has 15 heavy (non-hydrogen) atoms. The van der Waals surface area contributed by atoms with Crippen molar-refractivity contribution < 1.29 is 8.42 Å². The zero-order chi connectivity index (χ0) is 11.1. The average Bonchev–Trinajstić information content (AvgIpc) is 2.13. The second kappa shape index (κ2) is 3.47. The van der Waals surface area contributed by atoms with Gasteiger partial charge in [-0.25, -0.2) is 8.42 Å². The fraction of sp³-hybridized carbons (Fsp3) is 0.400. The number of nitrogens with two attached hydrogens (primary N) is 1. The Balaban J connectivity index is 2.37. The number of rotatable bonds is 2. The first kappa shape index (κ1) is 10.9. The Labute approximate surface area is 94.2 Å². The third kappa shape index (κ3) is 1.89. The summed E-state index contributed by atoms with van der Waals surface area (Å²) < 4.78 is 22.5. The molecule has 1 saturated heterocycles. The number of hydrogen-bond donors (Lipinski definition) is 1. The number of halogens is 1. The summed E-state index contributed by atoms with van der Waals surface area (Å²) in [6, 6.07) is 7.26. The van der Waals surface area contributed by atoms with Crippen LogP contribution in [0.15, 0.2) is 24.3 Å². The van der Waals surface area contributed by atoms with E-state index in [-0.39, 0.29) is 11.5 Å². The van der Waals surface area contributed by atoms with Gasteiger partial charge in [-0.05, 0) is 17.7 Å². The van der Waals surface area contributed by atoms with E-state index in [1.165, 1.54) is 0 Å². The van der Waals surface area contributed by atoms with Crippen LogP contribution >= 0.6 is 11.6 Å². The van der Waals surface area contributed by atoms with Gasteiger partial charge in [-0.1, -0.05) is 23.7 Å². The van der Waals surface area contributed by atoms with Gasteiger partial charge in [-0.2, -0.15) is 0 Å². The Bertz CT molecular complexity index is 472. The minimum atomic E-state index is -2.89. The van der Waals surface area contributed by atoms with Crippen molar-refractivity contribution in [3.8, 4) is 0 Å². The molecule has 1 aromatic rings. The summed E-state index contributed by atoms with van der Waals surface area (Å²) in [6.07, 6.45) is 0. The molecule has 2 rings (SSSR count). The molecule has 0 atom stereocenters. The number of hydrogen-bond acceptors (Lipinski definition) is 3. The molecule has 0 unspecified atom stereocenters. The molecule has 0 aromatic heterocycles. The molecular formula is C10H12ClNO2S. The van der Waals surface area contributed by atoms with E-state index < -0.39 is 15.3 Å². The van der Waals surface area contributed by atoms with Crippen molar-refractivity contribution >= 4 is 21.4 Å². The molecule has 0 radical (unpaired) electrons. The van der Waals surface area contributed by atoms with Crippen LogP contribution in [0.5, 0.6) is 0 Å². The van der Waals surface area contributed by atoms with E-state index in [4.69, 9.17) is 17.3 Å². The second-order valence-corrected chi connectivity index (χ2v) is 6.53.